The molecule has 0 saturated carbocycles. The lowest BCUT2D eigenvalue weighted by Crippen LogP contribution is -2.17. The molecule has 1 aromatic heterocycles. The van der Waals surface area contributed by atoms with Crippen molar-refractivity contribution >= 4 is 5.57 Å². The van der Waals surface area contributed by atoms with Gasteiger partial charge in [-0.05, 0) is 18.2 Å². The minimum absolute atomic E-state index is 0.355. The molecule has 0 radical (unpaired) electrons. The standard InChI is InChI=1S/C11H13NO3/c1-13-10-7-8(11(14-2)15-10)9-5-3-4-6-12-9/h3-7,10-11H,1-2H3. The molecule has 2 heterocycles. The van der Waals surface area contributed by atoms with E-state index in [9.17, 15) is 0 Å². The van der Waals surface area contributed by atoms with Gasteiger partial charge in [0.25, 0.3) is 0 Å². The van der Waals surface area contributed by atoms with E-state index in [-0.39, 0.29) is 6.29 Å². The van der Waals surface area contributed by atoms with E-state index in [0.29, 0.717) is 0 Å². The van der Waals surface area contributed by atoms with Crippen molar-refractivity contribution in [3.63, 3.8) is 0 Å². The van der Waals surface area contributed by atoms with Crippen LogP contribution in [0.5, 0.6) is 0 Å². The first-order valence-corrected chi connectivity index (χ1v) is 4.69. The number of methoxy groups -OCH3 is 2. The van der Waals surface area contributed by atoms with Crippen LogP contribution in [0, 0.1) is 0 Å². The molecule has 0 bridgehead atoms. The second-order valence-electron chi connectivity index (χ2n) is 3.14. The highest BCUT2D eigenvalue weighted by molar-refractivity contribution is 5.66. The molecule has 4 nitrogen and oxygen atoms in total. The zero-order valence-corrected chi connectivity index (χ0v) is 8.71. The van der Waals surface area contributed by atoms with Gasteiger partial charge in [0.05, 0.1) is 5.69 Å². The molecular weight excluding hydrogens is 194 g/mol. The highest BCUT2D eigenvalue weighted by Gasteiger charge is 2.28. The number of rotatable bonds is 3. The summed E-state index contributed by atoms with van der Waals surface area (Å²) in [5.74, 6) is 0. The molecule has 4 heteroatoms. The number of aromatic nitrogens is 1. The first kappa shape index (κ1) is 10.3. The zero-order valence-electron chi connectivity index (χ0n) is 8.71. The van der Waals surface area contributed by atoms with Crippen LogP contribution in [0.25, 0.3) is 5.57 Å². The van der Waals surface area contributed by atoms with E-state index in [1.165, 1.54) is 0 Å². The molecule has 15 heavy (non-hydrogen) atoms. The second-order valence-corrected chi connectivity index (χ2v) is 3.14. The SMILES string of the molecule is COC1C=C(c2ccccn2)C(OC)O1. The van der Waals surface area contributed by atoms with Crippen molar-refractivity contribution < 1.29 is 14.2 Å². The summed E-state index contributed by atoms with van der Waals surface area (Å²) in [4.78, 5) is 4.24. The van der Waals surface area contributed by atoms with Crippen LogP contribution in [-0.4, -0.2) is 31.8 Å². The van der Waals surface area contributed by atoms with Crippen molar-refractivity contribution in [1.82, 2.24) is 4.98 Å². The monoisotopic (exact) mass is 207 g/mol. The normalized spacial score (nSPS) is 25.3. The second kappa shape index (κ2) is 4.53. The number of hydrogen-bond acceptors (Lipinski definition) is 4. The summed E-state index contributed by atoms with van der Waals surface area (Å²) >= 11 is 0. The van der Waals surface area contributed by atoms with E-state index >= 15 is 0 Å². The van der Waals surface area contributed by atoms with Crippen molar-refractivity contribution in [3.8, 4) is 0 Å². The van der Waals surface area contributed by atoms with Gasteiger partial charge in [-0.2, -0.15) is 0 Å². The van der Waals surface area contributed by atoms with E-state index in [4.69, 9.17) is 14.2 Å². The molecule has 2 rings (SSSR count). The van der Waals surface area contributed by atoms with Gasteiger partial charge in [-0.25, -0.2) is 0 Å². The lowest BCUT2D eigenvalue weighted by Gasteiger charge is -2.13. The van der Waals surface area contributed by atoms with E-state index in [1.807, 2.05) is 24.3 Å². The third kappa shape index (κ3) is 2.07. The molecule has 80 valence electrons. The van der Waals surface area contributed by atoms with Crippen LogP contribution in [0.4, 0.5) is 0 Å². The Labute approximate surface area is 88.5 Å². The van der Waals surface area contributed by atoms with Crippen LogP contribution < -0.4 is 0 Å². The number of ether oxygens (including phenoxy) is 3. The third-order valence-corrected chi connectivity index (χ3v) is 2.23. The van der Waals surface area contributed by atoms with Crippen molar-refractivity contribution in [1.29, 1.82) is 0 Å². The molecule has 1 aliphatic rings. The molecule has 0 N–H and O–H groups in total. The Morgan fingerprint density at radius 1 is 1.27 bits per heavy atom. The topological polar surface area (TPSA) is 40.6 Å². The summed E-state index contributed by atoms with van der Waals surface area (Å²) in [5.41, 5.74) is 1.76. The van der Waals surface area contributed by atoms with E-state index < -0.39 is 6.29 Å². The van der Waals surface area contributed by atoms with E-state index in [1.54, 1.807) is 20.4 Å². The van der Waals surface area contributed by atoms with Gasteiger partial charge in [0.1, 0.15) is 0 Å². The molecule has 0 aliphatic carbocycles. The fraction of sp³-hybridized carbons (Fsp3) is 0.364. The molecule has 0 fully saturated rings. The highest BCUT2D eigenvalue weighted by atomic mass is 16.8. The maximum Gasteiger partial charge on any atom is 0.188 e. The zero-order chi connectivity index (χ0) is 10.7. The molecule has 0 saturated heterocycles. The predicted octanol–water partition coefficient (Wildman–Crippen LogP) is 1.44. The summed E-state index contributed by atoms with van der Waals surface area (Å²) in [6.07, 6.45) is 2.86. The smallest absolute Gasteiger partial charge is 0.188 e. The van der Waals surface area contributed by atoms with Gasteiger partial charge in [0.2, 0.25) is 0 Å². The number of hydrogen-bond donors (Lipinski definition) is 0. The van der Waals surface area contributed by atoms with Crippen molar-refractivity contribution in [3.05, 3.63) is 36.2 Å². The minimum atomic E-state index is -0.398. The van der Waals surface area contributed by atoms with Gasteiger partial charge in [0, 0.05) is 26.0 Å². The number of nitrogens with zero attached hydrogens (tertiary/aromatic N) is 1. The lowest BCUT2D eigenvalue weighted by molar-refractivity contribution is -0.170. The molecular formula is C11H13NO3. The fourth-order valence-corrected chi connectivity index (χ4v) is 1.51. The molecule has 0 amide bonds. The fourth-order valence-electron chi connectivity index (χ4n) is 1.51. The van der Waals surface area contributed by atoms with Crippen LogP contribution in [0.2, 0.25) is 0 Å². The summed E-state index contributed by atoms with van der Waals surface area (Å²) in [6, 6.07) is 5.71. The summed E-state index contributed by atoms with van der Waals surface area (Å²) in [6.45, 7) is 0. The Morgan fingerprint density at radius 3 is 2.73 bits per heavy atom. The average Bonchev–Trinajstić information content (AvgIpc) is 2.73. The van der Waals surface area contributed by atoms with Crippen molar-refractivity contribution in [2.75, 3.05) is 14.2 Å². The predicted molar refractivity (Wildman–Crippen MR) is 54.9 cm³/mol. The number of pyridine rings is 1. The maximum absolute atomic E-state index is 5.45. The van der Waals surface area contributed by atoms with Gasteiger partial charge in [-0.1, -0.05) is 6.07 Å². The Kier molecular flexibility index (Phi) is 3.11. The van der Waals surface area contributed by atoms with Gasteiger partial charge in [0.15, 0.2) is 12.6 Å². The largest absolute Gasteiger partial charge is 0.352 e. The van der Waals surface area contributed by atoms with Crippen molar-refractivity contribution in [2.24, 2.45) is 0 Å². The Bertz CT molecular complexity index is 350. The van der Waals surface area contributed by atoms with Crippen molar-refractivity contribution in [2.45, 2.75) is 12.6 Å². The van der Waals surface area contributed by atoms with Gasteiger partial charge in [-0.3, -0.25) is 4.98 Å². The van der Waals surface area contributed by atoms with Crippen LogP contribution in [0.3, 0.4) is 0 Å². The highest BCUT2D eigenvalue weighted by Crippen LogP contribution is 2.27. The van der Waals surface area contributed by atoms with E-state index in [0.717, 1.165) is 11.3 Å². The molecule has 0 aromatic carbocycles. The van der Waals surface area contributed by atoms with Crippen LogP contribution in [0.15, 0.2) is 30.5 Å². The first-order chi connectivity index (χ1) is 7.35. The van der Waals surface area contributed by atoms with Crippen LogP contribution >= 0.6 is 0 Å². The van der Waals surface area contributed by atoms with Crippen LogP contribution in [0.1, 0.15) is 5.69 Å². The summed E-state index contributed by atoms with van der Waals surface area (Å²) in [5, 5.41) is 0. The Hall–Kier alpha value is -1.23. The Balaban J connectivity index is 2.27. The van der Waals surface area contributed by atoms with Gasteiger partial charge >= 0.3 is 0 Å². The molecule has 2 unspecified atom stereocenters. The van der Waals surface area contributed by atoms with E-state index in [2.05, 4.69) is 4.98 Å². The molecule has 0 spiro atoms. The summed E-state index contributed by atoms with van der Waals surface area (Å²) < 4.78 is 15.7. The minimum Gasteiger partial charge on any atom is -0.352 e. The average molecular weight is 207 g/mol. The van der Waals surface area contributed by atoms with Gasteiger partial charge in [-0.15, -0.1) is 0 Å². The van der Waals surface area contributed by atoms with Gasteiger partial charge < -0.3 is 14.2 Å². The third-order valence-electron chi connectivity index (χ3n) is 2.23. The first-order valence-electron chi connectivity index (χ1n) is 4.69. The molecule has 1 aromatic rings. The lowest BCUT2D eigenvalue weighted by atomic mass is 10.1. The summed E-state index contributed by atoms with van der Waals surface area (Å²) in [7, 11) is 3.19. The van der Waals surface area contributed by atoms with Crippen LogP contribution in [-0.2, 0) is 14.2 Å². The Morgan fingerprint density at radius 2 is 2.13 bits per heavy atom. The molecule has 2 atom stereocenters. The maximum atomic E-state index is 5.45. The molecule has 1 aliphatic heterocycles. The quantitative estimate of drug-likeness (QED) is 0.752.